The van der Waals surface area contributed by atoms with Crippen LogP contribution in [0.4, 0.5) is 8.78 Å². The van der Waals surface area contributed by atoms with Crippen LogP contribution in [0.15, 0.2) is 47.3 Å². The van der Waals surface area contributed by atoms with Crippen molar-refractivity contribution in [3.8, 4) is 0 Å². The molecule has 0 bridgehead atoms. The topological polar surface area (TPSA) is 47.2 Å². The highest BCUT2D eigenvalue weighted by atomic mass is 19.2. The first-order valence-electron chi connectivity index (χ1n) is 8.28. The maximum absolute atomic E-state index is 13.3. The molecule has 5 nitrogen and oxygen atoms in total. The van der Waals surface area contributed by atoms with Gasteiger partial charge in [0, 0.05) is 20.1 Å². The highest BCUT2D eigenvalue weighted by Gasteiger charge is 2.17. The molecule has 0 aliphatic carbocycles. The van der Waals surface area contributed by atoms with E-state index in [1.54, 1.807) is 17.7 Å². The van der Waals surface area contributed by atoms with Gasteiger partial charge in [-0.2, -0.15) is 0 Å². The minimum Gasteiger partial charge on any atom is -0.340 e. The second-order valence-corrected chi connectivity index (χ2v) is 6.10. The van der Waals surface area contributed by atoms with E-state index in [2.05, 4.69) is 0 Å². The Morgan fingerprint density at radius 1 is 1.04 bits per heavy atom. The summed E-state index contributed by atoms with van der Waals surface area (Å²) in [6, 6.07) is 10.8. The highest BCUT2D eigenvalue weighted by Crippen LogP contribution is 2.14. The molecule has 0 N–H and O–H groups in total. The van der Waals surface area contributed by atoms with Crippen LogP contribution in [0.1, 0.15) is 12.5 Å². The van der Waals surface area contributed by atoms with Crippen LogP contribution in [0.25, 0.3) is 11.0 Å². The van der Waals surface area contributed by atoms with E-state index >= 15 is 0 Å². The molecule has 0 saturated carbocycles. The van der Waals surface area contributed by atoms with E-state index in [9.17, 15) is 18.4 Å². The quantitative estimate of drug-likeness (QED) is 0.703. The summed E-state index contributed by atoms with van der Waals surface area (Å²) in [5.74, 6) is -2.18. The molecule has 1 aromatic heterocycles. The number of amides is 1. The van der Waals surface area contributed by atoms with E-state index in [0.29, 0.717) is 17.6 Å². The molecule has 0 saturated heterocycles. The zero-order valence-corrected chi connectivity index (χ0v) is 14.6. The number of benzene rings is 2. The van der Waals surface area contributed by atoms with Crippen molar-refractivity contribution in [3.05, 3.63) is 70.1 Å². The van der Waals surface area contributed by atoms with Crippen LogP contribution in [-0.4, -0.2) is 27.0 Å². The fourth-order valence-corrected chi connectivity index (χ4v) is 2.99. The summed E-state index contributed by atoms with van der Waals surface area (Å²) in [4.78, 5) is 26.5. The lowest BCUT2D eigenvalue weighted by Gasteiger charge is -2.17. The molecular weight excluding hydrogens is 340 g/mol. The molecule has 0 radical (unpaired) electrons. The van der Waals surface area contributed by atoms with Crippen molar-refractivity contribution in [1.82, 2.24) is 14.0 Å². The Morgan fingerprint density at radius 2 is 1.69 bits per heavy atom. The number of aromatic nitrogens is 2. The molecule has 3 rings (SSSR count). The molecule has 26 heavy (non-hydrogen) atoms. The summed E-state index contributed by atoms with van der Waals surface area (Å²) in [6.45, 7) is 2.38. The van der Waals surface area contributed by atoms with Gasteiger partial charge in [-0.1, -0.05) is 18.2 Å². The van der Waals surface area contributed by atoms with Crippen molar-refractivity contribution in [2.45, 2.75) is 26.6 Å². The van der Waals surface area contributed by atoms with Crippen LogP contribution < -0.4 is 5.69 Å². The average Bonchev–Trinajstić information content (AvgIpc) is 2.89. The van der Waals surface area contributed by atoms with Crippen molar-refractivity contribution in [3.63, 3.8) is 0 Å². The van der Waals surface area contributed by atoms with Gasteiger partial charge in [0.15, 0.2) is 11.6 Å². The Labute approximate surface area is 149 Å². The molecule has 2 aromatic carbocycles. The normalized spacial score (nSPS) is 11.1. The molecule has 0 unspecified atom stereocenters. The van der Waals surface area contributed by atoms with Crippen LogP contribution in [-0.2, 0) is 24.4 Å². The second kappa shape index (κ2) is 7.11. The molecule has 7 heteroatoms. The van der Waals surface area contributed by atoms with Crippen molar-refractivity contribution >= 4 is 16.9 Å². The Morgan fingerprint density at radius 3 is 2.31 bits per heavy atom. The number of aryl methyl sites for hydroxylation is 1. The van der Waals surface area contributed by atoms with Crippen molar-refractivity contribution in [2.75, 3.05) is 7.05 Å². The summed E-state index contributed by atoms with van der Waals surface area (Å²) < 4.78 is 29.4. The van der Waals surface area contributed by atoms with Crippen LogP contribution in [0.5, 0.6) is 0 Å². The SMILES string of the molecule is CCn1c(=O)n(CC(=O)N(C)Cc2ccc(F)c(F)c2)c2ccccc21. The Balaban J connectivity index is 1.83. The van der Waals surface area contributed by atoms with E-state index in [1.807, 2.05) is 25.1 Å². The van der Waals surface area contributed by atoms with Gasteiger partial charge in [-0.25, -0.2) is 13.6 Å². The summed E-state index contributed by atoms with van der Waals surface area (Å²) in [7, 11) is 1.56. The third-order valence-electron chi connectivity index (χ3n) is 4.36. The molecule has 136 valence electrons. The minimum absolute atomic E-state index is 0.119. The number of fused-ring (bicyclic) bond motifs is 1. The maximum Gasteiger partial charge on any atom is 0.329 e. The summed E-state index contributed by atoms with van der Waals surface area (Å²) >= 11 is 0. The third-order valence-corrected chi connectivity index (χ3v) is 4.36. The van der Waals surface area contributed by atoms with Gasteiger partial charge in [-0.3, -0.25) is 13.9 Å². The van der Waals surface area contributed by atoms with E-state index in [1.165, 1.54) is 15.5 Å². The summed E-state index contributed by atoms with van der Waals surface area (Å²) in [5.41, 5.74) is 1.69. The zero-order valence-electron chi connectivity index (χ0n) is 14.6. The van der Waals surface area contributed by atoms with Gasteiger partial charge in [0.2, 0.25) is 5.91 Å². The van der Waals surface area contributed by atoms with Gasteiger partial charge < -0.3 is 4.90 Å². The Kier molecular flexibility index (Phi) is 4.88. The van der Waals surface area contributed by atoms with E-state index < -0.39 is 11.6 Å². The number of hydrogen-bond acceptors (Lipinski definition) is 2. The lowest BCUT2D eigenvalue weighted by molar-refractivity contribution is -0.131. The van der Waals surface area contributed by atoms with Gasteiger partial charge in [0.1, 0.15) is 6.54 Å². The van der Waals surface area contributed by atoms with E-state index in [0.717, 1.165) is 17.6 Å². The highest BCUT2D eigenvalue weighted by molar-refractivity contribution is 5.80. The summed E-state index contributed by atoms with van der Waals surface area (Å²) in [6.07, 6.45) is 0. The second-order valence-electron chi connectivity index (χ2n) is 6.10. The number of carbonyl (C=O) groups excluding carboxylic acids is 1. The monoisotopic (exact) mass is 359 g/mol. The standard InChI is InChI=1S/C19H19F2N3O2/c1-3-23-16-6-4-5-7-17(16)24(19(23)26)12-18(25)22(2)11-13-8-9-14(20)15(21)10-13/h4-10H,3,11-12H2,1-2H3. The van der Waals surface area contributed by atoms with Gasteiger partial charge in [0.25, 0.3) is 0 Å². The zero-order chi connectivity index (χ0) is 18.8. The van der Waals surface area contributed by atoms with Gasteiger partial charge in [-0.05, 0) is 36.8 Å². The van der Waals surface area contributed by atoms with Crippen molar-refractivity contribution in [2.24, 2.45) is 0 Å². The fraction of sp³-hybridized carbons (Fsp3) is 0.263. The van der Waals surface area contributed by atoms with Gasteiger partial charge >= 0.3 is 5.69 Å². The Bertz CT molecular complexity index is 1020. The van der Waals surface area contributed by atoms with Crippen LogP contribution >= 0.6 is 0 Å². The van der Waals surface area contributed by atoms with E-state index in [-0.39, 0.29) is 24.7 Å². The maximum atomic E-state index is 13.3. The lowest BCUT2D eigenvalue weighted by Crippen LogP contribution is -2.34. The number of carbonyl (C=O) groups is 1. The van der Waals surface area contributed by atoms with Gasteiger partial charge in [0.05, 0.1) is 11.0 Å². The van der Waals surface area contributed by atoms with Crippen LogP contribution in [0.2, 0.25) is 0 Å². The lowest BCUT2D eigenvalue weighted by atomic mass is 10.2. The van der Waals surface area contributed by atoms with Gasteiger partial charge in [-0.15, -0.1) is 0 Å². The predicted octanol–water partition coefficient (Wildman–Crippen LogP) is 2.76. The fourth-order valence-electron chi connectivity index (χ4n) is 2.99. The smallest absolute Gasteiger partial charge is 0.329 e. The molecule has 1 heterocycles. The molecule has 0 aliphatic heterocycles. The molecule has 0 spiro atoms. The molecule has 0 fully saturated rings. The molecule has 3 aromatic rings. The largest absolute Gasteiger partial charge is 0.340 e. The van der Waals surface area contributed by atoms with Crippen molar-refractivity contribution < 1.29 is 13.6 Å². The number of imidazole rings is 1. The molecule has 0 atom stereocenters. The van der Waals surface area contributed by atoms with Crippen LogP contribution in [0, 0.1) is 11.6 Å². The van der Waals surface area contributed by atoms with E-state index in [4.69, 9.17) is 0 Å². The van der Waals surface area contributed by atoms with Crippen LogP contribution in [0.3, 0.4) is 0 Å². The molecular formula is C19H19F2N3O2. The van der Waals surface area contributed by atoms with Crippen molar-refractivity contribution in [1.29, 1.82) is 0 Å². The number of likely N-dealkylation sites (N-methyl/N-ethyl adjacent to an activating group) is 1. The number of nitrogens with zero attached hydrogens (tertiary/aromatic N) is 3. The summed E-state index contributed by atoms with van der Waals surface area (Å²) in [5, 5.41) is 0. The first-order chi connectivity index (χ1) is 12.4. The first-order valence-corrected chi connectivity index (χ1v) is 8.28. The number of rotatable bonds is 5. The third kappa shape index (κ3) is 3.24. The molecule has 1 amide bonds. The average molecular weight is 359 g/mol. The number of halogens is 2. The predicted molar refractivity (Wildman–Crippen MR) is 94.7 cm³/mol. The molecule has 0 aliphatic rings. The Hall–Kier alpha value is -2.96. The number of hydrogen-bond donors (Lipinski definition) is 0. The first kappa shape index (κ1) is 17.8. The number of para-hydroxylation sites is 2. The minimum atomic E-state index is -0.953.